The van der Waals surface area contributed by atoms with Crippen molar-refractivity contribution in [1.29, 1.82) is 0 Å². The fraction of sp³-hybridized carbons (Fsp3) is 0.105. The molecule has 0 bridgehead atoms. The number of benzene rings is 3. The van der Waals surface area contributed by atoms with E-state index >= 15 is 0 Å². The summed E-state index contributed by atoms with van der Waals surface area (Å²) in [4.78, 5) is 17.0. The van der Waals surface area contributed by atoms with Gasteiger partial charge in [-0.25, -0.2) is 5.48 Å². The molecule has 0 fully saturated rings. The van der Waals surface area contributed by atoms with E-state index in [9.17, 15) is 4.79 Å². The number of amides is 1. The SMILES string of the molecule is O=C(COc1ccc2ccccc2c1Br)NOCc1ccccc1. The molecule has 0 heterocycles. The van der Waals surface area contributed by atoms with E-state index < -0.39 is 0 Å². The fourth-order valence-corrected chi connectivity index (χ4v) is 2.88. The lowest BCUT2D eigenvalue weighted by Crippen LogP contribution is -2.29. The molecule has 0 atom stereocenters. The molecule has 3 aromatic carbocycles. The van der Waals surface area contributed by atoms with Gasteiger partial charge in [-0.1, -0.05) is 60.7 Å². The van der Waals surface area contributed by atoms with Crippen LogP contribution < -0.4 is 10.2 Å². The Morgan fingerprint density at radius 1 is 0.958 bits per heavy atom. The van der Waals surface area contributed by atoms with Gasteiger partial charge in [0.1, 0.15) is 5.75 Å². The van der Waals surface area contributed by atoms with Crippen LogP contribution in [0.3, 0.4) is 0 Å². The molecule has 3 aromatic rings. The lowest BCUT2D eigenvalue weighted by molar-refractivity contribution is -0.136. The van der Waals surface area contributed by atoms with Crippen molar-refractivity contribution in [3.63, 3.8) is 0 Å². The molecule has 5 heteroatoms. The monoisotopic (exact) mass is 385 g/mol. The maximum atomic E-state index is 11.8. The highest BCUT2D eigenvalue weighted by Gasteiger charge is 2.08. The van der Waals surface area contributed by atoms with Crippen LogP contribution in [0.15, 0.2) is 71.2 Å². The first kappa shape index (κ1) is 16.5. The van der Waals surface area contributed by atoms with Gasteiger partial charge in [-0.3, -0.25) is 9.63 Å². The van der Waals surface area contributed by atoms with Gasteiger partial charge in [-0.15, -0.1) is 0 Å². The first-order valence-electron chi connectivity index (χ1n) is 7.48. The van der Waals surface area contributed by atoms with Gasteiger partial charge >= 0.3 is 0 Å². The number of carbonyl (C=O) groups excluding carboxylic acids is 1. The number of hydroxylamine groups is 1. The Morgan fingerprint density at radius 3 is 2.54 bits per heavy atom. The summed E-state index contributed by atoms with van der Waals surface area (Å²) in [6, 6.07) is 21.4. The maximum absolute atomic E-state index is 11.8. The van der Waals surface area contributed by atoms with Gasteiger partial charge in [0, 0.05) is 0 Å². The quantitative estimate of drug-likeness (QED) is 0.645. The third-order valence-corrected chi connectivity index (χ3v) is 4.27. The third-order valence-electron chi connectivity index (χ3n) is 3.45. The predicted octanol–water partition coefficient (Wildman–Crippen LogP) is 4.23. The van der Waals surface area contributed by atoms with Crippen molar-refractivity contribution in [2.45, 2.75) is 6.61 Å². The summed E-state index contributed by atoms with van der Waals surface area (Å²) in [5.41, 5.74) is 3.36. The van der Waals surface area contributed by atoms with E-state index in [1.54, 1.807) is 0 Å². The van der Waals surface area contributed by atoms with Crippen LogP contribution in [0.2, 0.25) is 0 Å². The Labute approximate surface area is 148 Å². The van der Waals surface area contributed by atoms with Crippen LogP contribution in [-0.2, 0) is 16.2 Å². The van der Waals surface area contributed by atoms with Gasteiger partial charge < -0.3 is 4.74 Å². The van der Waals surface area contributed by atoms with Crippen LogP contribution in [0.4, 0.5) is 0 Å². The molecule has 0 saturated carbocycles. The molecular formula is C19H16BrNO3. The third kappa shape index (κ3) is 4.13. The Kier molecular flexibility index (Phi) is 5.46. The second kappa shape index (κ2) is 7.95. The molecule has 1 N–H and O–H groups in total. The number of rotatable bonds is 6. The molecule has 0 aromatic heterocycles. The molecule has 0 radical (unpaired) electrons. The lowest BCUT2D eigenvalue weighted by atomic mass is 10.1. The van der Waals surface area contributed by atoms with E-state index in [2.05, 4.69) is 21.4 Å². The number of hydrogen-bond donors (Lipinski definition) is 1. The van der Waals surface area contributed by atoms with Crippen molar-refractivity contribution in [3.8, 4) is 5.75 Å². The molecule has 4 nitrogen and oxygen atoms in total. The van der Waals surface area contributed by atoms with Crippen LogP contribution in [-0.4, -0.2) is 12.5 Å². The maximum Gasteiger partial charge on any atom is 0.281 e. The minimum absolute atomic E-state index is 0.119. The minimum atomic E-state index is -0.342. The van der Waals surface area contributed by atoms with Crippen LogP contribution in [0.1, 0.15) is 5.56 Å². The molecule has 0 unspecified atom stereocenters. The van der Waals surface area contributed by atoms with E-state index in [0.29, 0.717) is 12.4 Å². The number of nitrogens with one attached hydrogen (secondary N) is 1. The number of fused-ring (bicyclic) bond motifs is 1. The van der Waals surface area contributed by atoms with E-state index in [-0.39, 0.29) is 12.5 Å². The van der Waals surface area contributed by atoms with Crippen molar-refractivity contribution in [1.82, 2.24) is 5.48 Å². The second-order valence-corrected chi connectivity index (χ2v) is 5.98. The van der Waals surface area contributed by atoms with Gasteiger partial charge in [0.2, 0.25) is 0 Å². The topological polar surface area (TPSA) is 47.6 Å². The average molecular weight is 386 g/mol. The smallest absolute Gasteiger partial charge is 0.281 e. The highest BCUT2D eigenvalue weighted by atomic mass is 79.9. The molecule has 0 spiro atoms. The zero-order valence-corrected chi connectivity index (χ0v) is 14.5. The second-order valence-electron chi connectivity index (χ2n) is 5.19. The van der Waals surface area contributed by atoms with Gasteiger partial charge in [-0.2, -0.15) is 0 Å². The number of carbonyl (C=O) groups is 1. The summed E-state index contributed by atoms with van der Waals surface area (Å²) in [5, 5.41) is 2.14. The number of hydrogen-bond acceptors (Lipinski definition) is 3. The van der Waals surface area contributed by atoms with Crippen molar-refractivity contribution < 1.29 is 14.4 Å². The molecule has 0 aliphatic rings. The Bertz CT molecular complexity index is 836. The molecule has 24 heavy (non-hydrogen) atoms. The van der Waals surface area contributed by atoms with Crippen molar-refractivity contribution in [3.05, 3.63) is 76.8 Å². The Morgan fingerprint density at radius 2 is 1.71 bits per heavy atom. The van der Waals surface area contributed by atoms with E-state index in [0.717, 1.165) is 20.8 Å². The van der Waals surface area contributed by atoms with E-state index in [1.165, 1.54) is 0 Å². The van der Waals surface area contributed by atoms with Crippen LogP contribution in [0, 0.1) is 0 Å². The minimum Gasteiger partial charge on any atom is -0.482 e. The van der Waals surface area contributed by atoms with Gasteiger partial charge in [0.25, 0.3) is 5.91 Å². The van der Waals surface area contributed by atoms with Crippen molar-refractivity contribution >= 4 is 32.6 Å². The fourth-order valence-electron chi connectivity index (χ4n) is 2.27. The molecule has 0 saturated heterocycles. The normalized spacial score (nSPS) is 10.5. The van der Waals surface area contributed by atoms with Crippen LogP contribution in [0.25, 0.3) is 10.8 Å². The molecule has 0 aliphatic carbocycles. The molecule has 1 amide bonds. The van der Waals surface area contributed by atoms with E-state index in [4.69, 9.17) is 9.57 Å². The van der Waals surface area contributed by atoms with Gasteiger partial charge in [0.15, 0.2) is 6.61 Å². The summed E-state index contributed by atoms with van der Waals surface area (Å²) >= 11 is 3.53. The van der Waals surface area contributed by atoms with Crippen molar-refractivity contribution in [2.24, 2.45) is 0 Å². The molecule has 122 valence electrons. The van der Waals surface area contributed by atoms with Crippen LogP contribution >= 0.6 is 15.9 Å². The summed E-state index contributed by atoms with van der Waals surface area (Å²) < 4.78 is 6.40. The molecule has 3 rings (SSSR count). The number of halogens is 1. The largest absolute Gasteiger partial charge is 0.482 e. The number of ether oxygens (including phenoxy) is 1. The summed E-state index contributed by atoms with van der Waals surface area (Å²) in [7, 11) is 0. The zero-order chi connectivity index (χ0) is 16.8. The molecular weight excluding hydrogens is 370 g/mol. The lowest BCUT2D eigenvalue weighted by Gasteiger charge is -2.10. The standard InChI is InChI=1S/C19H16BrNO3/c20-19-16-9-5-4-8-15(16)10-11-17(19)23-13-18(22)21-24-12-14-6-2-1-3-7-14/h1-11H,12-13H2,(H,21,22). The zero-order valence-electron chi connectivity index (χ0n) is 12.9. The van der Waals surface area contributed by atoms with E-state index in [1.807, 2.05) is 66.7 Å². The molecule has 0 aliphatic heterocycles. The Balaban J connectivity index is 1.52. The summed E-state index contributed by atoms with van der Waals surface area (Å²) in [6.07, 6.45) is 0. The first-order chi connectivity index (χ1) is 11.7. The highest BCUT2D eigenvalue weighted by molar-refractivity contribution is 9.10. The Hall–Kier alpha value is -2.37. The van der Waals surface area contributed by atoms with Gasteiger partial charge in [0.05, 0.1) is 11.1 Å². The van der Waals surface area contributed by atoms with Crippen LogP contribution in [0.5, 0.6) is 5.75 Å². The summed E-state index contributed by atoms with van der Waals surface area (Å²) in [5.74, 6) is 0.276. The first-order valence-corrected chi connectivity index (χ1v) is 8.28. The average Bonchev–Trinajstić information content (AvgIpc) is 2.62. The highest BCUT2D eigenvalue weighted by Crippen LogP contribution is 2.32. The summed E-state index contributed by atoms with van der Waals surface area (Å²) in [6.45, 7) is 0.192. The van der Waals surface area contributed by atoms with Crippen molar-refractivity contribution in [2.75, 3.05) is 6.61 Å². The predicted molar refractivity (Wildman–Crippen MR) is 96.5 cm³/mol. The van der Waals surface area contributed by atoms with Gasteiger partial charge in [-0.05, 0) is 38.3 Å².